The first-order valence-electron chi connectivity index (χ1n) is 19.0. The van der Waals surface area contributed by atoms with Crippen LogP contribution in [0.15, 0.2) is 86.2 Å². The van der Waals surface area contributed by atoms with Crippen molar-refractivity contribution >= 4 is 38.2 Å². The molecule has 6 saturated heterocycles. The van der Waals surface area contributed by atoms with Crippen LogP contribution >= 0.6 is 0 Å². The topological polar surface area (TPSA) is 203 Å². The second-order valence-corrected chi connectivity index (χ2v) is 15.8. The number of aliphatic hydroxyl groups is 2. The van der Waals surface area contributed by atoms with Crippen molar-refractivity contribution in [2.75, 3.05) is 40.4 Å². The van der Waals surface area contributed by atoms with E-state index in [4.69, 9.17) is 36.9 Å². The molecule has 4 bridgehead atoms. The number of pyridine rings is 2. The lowest BCUT2D eigenvalue weighted by Crippen LogP contribution is -2.54. The molecule has 6 fully saturated rings. The van der Waals surface area contributed by atoms with Gasteiger partial charge in [0.2, 0.25) is 0 Å². The third kappa shape index (κ3) is 10.9. The summed E-state index contributed by atoms with van der Waals surface area (Å²) in [6.45, 7) is 13.2. The largest absolute Gasteiger partial charge is 0.497 e. The van der Waals surface area contributed by atoms with Crippen LogP contribution in [0.2, 0.25) is 0 Å². The number of methoxy groups -OCH3 is 2. The van der Waals surface area contributed by atoms with Gasteiger partial charge in [0, 0.05) is 55.3 Å². The first kappa shape index (κ1) is 43.6. The number of piperidine rings is 6. The predicted octanol–water partition coefficient (Wildman–Crippen LogP) is 5.78. The number of aliphatic hydroxyl groups excluding tert-OH is 2. The summed E-state index contributed by atoms with van der Waals surface area (Å²) in [5, 5.41) is 31.7. The van der Waals surface area contributed by atoms with Crippen LogP contribution in [0.3, 0.4) is 0 Å². The Kier molecular flexibility index (Phi) is 14.8. The van der Waals surface area contributed by atoms with Crippen molar-refractivity contribution in [1.29, 1.82) is 0 Å². The fourth-order valence-corrected chi connectivity index (χ4v) is 8.89. The molecule has 2 aromatic carbocycles. The van der Waals surface area contributed by atoms with Gasteiger partial charge in [-0.25, -0.2) is 0 Å². The summed E-state index contributed by atoms with van der Waals surface area (Å²) >= 11 is 0. The van der Waals surface area contributed by atoms with Gasteiger partial charge in [-0.15, -0.1) is 13.2 Å². The number of ether oxygens (including phenoxy) is 2. The maximum Gasteiger partial charge on any atom is 0.394 e. The van der Waals surface area contributed by atoms with Crippen molar-refractivity contribution < 1.29 is 47.1 Å². The maximum atomic E-state index is 11.2. The normalized spacial score (nSPS) is 26.9. The van der Waals surface area contributed by atoms with E-state index in [-0.39, 0.29) is 12.1 Å². The molecule has 14 nitrogen and oxygen atoms in total. The van der Waals surface area contributed by atoms with Crippen molar-refractivity contribution in [2.24, 2.45) is 23.7 Å². The number of carboxylic acids is 1. The number of rotatable bonds is 8. The van der Waals surface area contributed by atoms with E-state index in [2.05, 4.69) is 45.1 Å². The van der Waals surface area contributed by atoms with E-state index in [1.54, 1.807) is 26.6 Å². The van der Waals surface area contributed by atoms with E-state index in [0.29, 0.717) is 23.7 Å². The van der Waals surface area contributed by atoms with Crippen molar-refractivity contribution in [1.82, 2.24) is 19.8 Å². The molecule has 4 aromatic rings. The van der Waals surface area contributed by atoms with Crippen LogP contribution in [-0.4, -0.2) is 111 Å². The minimum absolute atomic E-state index is 0.178. The molecule has 10 atom stereocenters. The number of aromatic nitrogens is 2. The lowest BCUT2D eigenvalue weighted by molar-refractivity contribution is -0.134. The second-order valence-electron chi connectivity index (χ2n) is 14.9. The van der Waals surface area contributed by atoms with Gasteiger partial charge in [0.05, 0.1) is 37.5 Å². The van der Waals surface area contributed by atoms with Crippen LogP contribution in [-0.2, 0) is 15.2 Å². The molecule has 0 spiro atoms. The first-order valence-corrected chi connectivity index (χ1v) is 20.4. The molecule has 57 heavy (non-hydrogen) atoms. The van der Waals surface area contributed by atoms with E-state index >= 15 is 0 Å². The van der Waals surface area contributed by atoms with Crippen molar-refractivity contribution in [3.63, 3.8) is 0 Å². The van der Waals surface area contributed by atoms with E-state index in [9.17, 15) is 10.2 Å². The zero-order valence-corrected chi connectivity index (χ0v) is 33.4. The Labute approximate surface area is 334 Å². The van der Waals surface area contributed by atoms with E-state index in [0.717, 1.165) is 90.4 Å². The van der Waals surface area contributed by atoms with Crippen LogP contribution in [0.1, 0.15) is 55.9 Å². The van der Waals surface area contributed by atoms with E-state index in [1.807, 2.05) is 48.5 Å². The first-order chi connectivity index (χ1) is 27.1. The lowest BCUT2D eigenvalue weighted by atomic mass is 9.73. The number of nitrogens with zero attached hydrogens (tertiary/aromatic N) is 4. The molecule has 0 aliphatic carbocycles. The highest BCUT2D eigenvalue weighted by Crippen LogP contribution is 2.43. The van der Waals surface area contributed by atoms with E-state index in [1.165, 1.54) is 12.8 Å². The molecule has 8 heterocycles. The fourth-order valence-electron chi connectivity index (χ4n) is 8.89. The van der Waals surface area contributed by atoms with Crippen LogP contribution in [0.4, 0.5) is 0 Å². The van der Waals surface area contributed by atoms with Crippen LogP contribution in [0.25, 0.3) is 21.8 Å². The highest BCUT2D eigenvalue weighted by Gasteiger charge is 2.43. The number of hydrogen-bond acceptors (Lipinski definition) is 11. The average Bonchev–Trinajstić information content (AvgIpc) is 3.21. The summed E-state index contributed by atoms with van der Waals surface area (Å²) in [6, 6.07) is 15.9. The van der Waals surface area contributed by atoms with Crippen molar-refractivity contribution in [2.45, 2.75) is 56.9 Å². The Morgan fingerprint density at radius 2 is 1.14 bits per heavy atom. The quantitative estimate of drug-likeness (QED) is 0.106. The third-order valence-electron chi connectivity index (χ3n) is 11.6. The van der Waals surface area contributed by atoms with Gasteiger partial charge in [0.25, 0.3) is 5.97 Å². The van der Waals surface area contributed by atoms with Crippen LogP contribution in [0, 0.1) is 23.7 Å². The second kappa shape index (κ2) is 19.3. The smallest absolute Gasteiger partial charge is 0.394 e. The molecule has 2 aromatic heterocycles. The maximum absolute atomic E-state index is 11.2. The Morgan fingerprint density at radius 1 is 0.772 bits per heavy atom. The minimum atomic E-state index is -4.67. The molecule has 308 valence electrons. The summed E-state index contributed by atoms with van der Waals surface area (Å²) in [4.78, 5) is 22.7. The monoisotopic (exact) mass is 806 g/mol. The Balaban J connectivity index is 0.000000180. The fraction of sp³-hybridized carbons (Fsp3) is 0.452. The number of carbonyl (C=O) groups is 1. The molecule has 5 N–H and O–H groups in total. The highest BCUT2D eigenvalue weighted by atomic mass is 32.3. The Morgan fingerprint density at radius 3 is 1.44 bits per heavy atom. The number of benzene rings is 2. The molecular weight excluding hydrogens is 753 g/mol. The highest BCUT2D eigenvalue weighted by molar-refractivity contribution is 7.79. The molecule has 6 aliphatic rings. The number of aliphatic carboxylic acids is 1. The molecule has 2 unspecified atom stereocenters. The number of carboxylic acid groups (broad SMARTS) is 1. The van der Waals surface area contributed by atoms with Gasteiger partial charge in [-0.2, -0.15) is 8.42 Å². The third-order valence-corrected chi connectivity index (χ3v) is 11.6. The summed E-state index contributed by atoms with van der Waals surface area (Å²) in [5.74, 6) is 3.18. The molecule has 0 saturated carbocycles. The van der Waals surface area contributed by atoms with Gasteiger partial charge < -0.3 is 24.8 Å². The molecule has 10 rings (SSSR count). The summed E-state index contributed by atoms with van der Waals surface area (Å²) in [6.07, 6.45) is 11.2. The number of fused-ring (bicyclic) bond motifs is 8. The zero-order chi connectivity index (χ0) is 41.4. The summed E-state index contributed by atoms with van der Waals surface area (Å²) in [5.41, 5.74) is 3.69. The van der Waals surface area contributed by atoms with Crippen LogP contribution < -0.4 is 9.47 Å². The molecule has 15 heteroatoms. The predicted molar refractivity (Wildman–Crippen MR) is 218 cm³/mol. The van der Waals surface area contributed by atoms with E-state index < -0.39 is 28.6 Å². The average molecular weight is 807 g/mol. The van der Waals surface area contributed by atoms with Gasteiger partial charge in [0.15, 0.2) is 0 Å². The number of hydrogen-bond donors (Lipinski definition) is 5. The van der Waals surface area contributed by atoms with Gasteiger partial charge in [0.1, 0.15) is 11.5 Å². The zero-order valence-electron chi connectivity index (χ0n) is 32.6. The SMILES string of the molecule is C=C[C@H]1CN2CC[C@H]1C[C@H]2[C@H](O)c1ccnc2ccc(OC)cc12.C=C[C@H]1CN2CC[C@H]1C[C@H]2[C@H](O)c1ccnc2ccc(OC)cc12.CC(=O)O.O=S(=O)(O)O. The molecule has 0 amide bonds. The van der Waals surface area contributed by atoms with Gasteiger partial charge in [-0.1, -0.05) is 12.2 Å². The van der Waals surface area contributed by atoms with Gasteiger partial charge >= 0.3 is 10.4 Å². The molecule has 6 aliphatic heterocycles. The minimum Gasteiger partial charge on any atom is -0.497 e. The van der Waals surface area contributed by atoms with Gasteiger partial charge in [-0.05, 0) is 122 Å². The summed E-state index contributed by atoms with van der Waals surface area (Å²) in [7, 11) is -1.34. The Bertz CT molecular complexity index is 1990. The van der Waals surface area contributed by atoms with Crippen molar-refractivity contribution in [3.05, 3.63) is 97.4 Å². The summed E-state index contributed by atoms with van der Waals surface area (Å²) < 4.78 is 42.3. The Hall–Kier alpha value is -4.48. The molecule has 0 radical (unpaired) electrons. The molecular formula is C42H54N4O10S. The van der Waals surface area contributed by atoms with Crippen molar-refractivity contribution in [3.8, 4) is 11.5 Å². The lowest BCUT2D eigenvalue weighted by Gasteiger charge is -2.50. The van der Waals surface area contributed by atoms with Crippen LogP contribution in [0.5, 0.6) is 11.5 Å². The standard InChI is InChI=1S/2C20H24N2O2.C2H4O2.H2O4S/c2*1-3-13-12-22-9-7-14(13)10-19(22)20(23)16-6-8-21-18-5-4-15(24-2)11-17(16)18;1-2(3)4;1-5(2,3)4/h2*3-6,8,11,13-14,19-20,23H,1,7,9-10,12H2,2H3;1H3,(H,3,4);(H2,1,2,3,4)/t2*13-,14-,19-,20+;;/m00../s1. The van der Waals surface area contributed by atoms with Gasteiger partial charge in [-0.3, -0.25) is 33.7 Å².